The Morgan fingerprint density at radius 3 is 2.80 bits per heavy atom. The van der Waals surface area contributed by atoms with Crippen molar-refractivity contribution in [1.82, 2.24) is 14.9 Å². The first-order chi connectivity index (χ1) is 14.6. The molecule has 2 heterocycles. The zero-order valence-corrected chi connectivity index (χ0v) is 17.5. The van der Waals surface area contributed by atoms with E-state index >= 15 is 0 Å². The van der Waals surface area contributed by atoms with Crippen molar-refractivity contribution >= 4 is 29.3 Å². The van der Waals surface area contributed by atoms with Crippen LogP contribution < -0.4 is 15.4 Å². The van der Waals surface area contributed by atoms with Gasteiger partial charge in [-0.1, -0.05) is 30.3 Å². The van der Waals surface area contributed by atoms with Gasteiger partial charge in [0, 0.05) is 36.3 Å². The van der Waals surface area contributed by atoms with E-state index in [1.165, 1.54) is 11.8 Å². The number of benzene rings is 2. The van der Waals surface area contributed by atoms with Crippen LogP contribution in [0, 0.1) is 0 Å². The minimum atomic E-state index is -0.502. The van der Waals surface area contributed by atoms with Gasteiger partial charge in [0.15, 0.2) is 0 Å². The number of nitrogens with zero attached hydrogens (tertiary/aromatic N) is 2. The first-order valence-electron chi connectivity index (χ1n) is 9.53. The van der Waals surface area contributed by atoms with Crippen molar-refractivity contribution in [3.05, 3.63) is 72.3 Å². The second-order valence-electron chi connectivity index (χ2n) is 6.93. The normalized spacial score (nSPS) is 16.3. The molecule has 0 unspecified atom stereocenters. The van der Waals surface area contributed by atoms with Gasteiger partial charge in [-0.15, -0.1) is 11.8 Å². The highest BCUT2D eigenvalue weighted by atomic mass is 32.2. The number of rotatable bonds is 6. The summed E-state index contributed by atoms with van der Waals surface area (Å²) in [6, 6.07) is 14.6. The molecule has 1 aliphatic heterocycles. The number of hydrogen-bond donors (Lipinski definition) is 2. The number of aromatic nitrogens is 2. The van der Waals surface area contributed by atoms with Gasteiger partial charge < -0.3 is 19.9 Å². The van der Waals surface area contributed by atoms with E-state index in [0.29, 0.717) is 11.6 Å². The van der Waals surface area contributed by atoms with E-state index in [-0.39, 0.29) is 18.2 Å². The molecule has 4 rings (SSSR count). The Morgan fingerprint density at radius 1 is 1.27 bits per heavy atom. The van der Waals surface area contributed by atoms with E-state index in [1.54, 1.807) is 13.3 Å². The zero-order valence-electron chi connectivity index (χ0n) is 16.7. The Labute approximate surface area is 178 Å². The number of hydrogen-bond acceptors (Lipinski definition) is 5. The second-order valence-corrected chi connectivity index (χ2v) is 8.18. The lowest BCUT2D eigenvalue weighted by Crippen LogP contribution is -2.37. The van der Waals surface area contributed by atoms with E-state index in [0.717, 1.165) is 16.1 Å². The number of nitrogens with one attached hydrogen (secondary N) is 2. The van der Waals surface area contributed by atoms with E-state index in [2.05, 4.69) is 15.6 Å². The molecule has 2 aromatic carbocycles. The average molecular weight is 423 g/mol. The molecule has 2 amide bonds. The average Bonchev–Trinajstić information content (AvgIpc) is 3.18. The molecule has 30 heavy (non-hydrogen) atoms. The van der Waals surface area contributed by atoms with Crippen LogP contribution >= 0.6 is 11.8 Å². The number of carbonyl (C=O) groups is 2. The smallest absolute Gasteiger partial charge is 0.238 e. The van der Waals surface area contributed by atoms with Crippen LogP contribution in [0.5, 0.6) is 5.75 Å². The number of methoxy groups -OCH3 is 1. The quantitative estimate of drug-likeness (QED) is 0.638. The highest BCUT2D eigenvalue weighted by Gasteiger charge is 2.31. The highest BCUT2D eigenvalue weighted by molar-refractivity contribution is 8.01. The van der Waals surface area contributed by atoms with Crippen LogP contribution in [0.3, 0.4) is 0 Å². The third kappa shape index (κ3) is 4.04. The van der Waals surface area contributed by atoms with Crippen LogP contribution in [-0.2, 0) is 16.6 Å². The third-order valence-electron chi connectivity index (χ3n) is 4.95. The number of thioether (sulfide) groups is 1. The first-order valence-corrected chi connectivity index (χ1v) is 10.4. The highest BCUT2D eigenvalue weighted by Crippen LogP contribution is 2.37. The molecule has 0 aliphatic carbocycles. The zero-order chi connectivity index (χ0) is 21.1. The summed E-state index contributed by atoms with van der Waals surface area (Å²) in [7, 11) is 3.47. The number of fused-ring (bicyclic) bond motifs is 1. The van der Waals surface area contributed by atoms with Crippen LogP contribution in [0.25, 0.3) is 0 Å². The molecule has 0 radical (unpaired) electrons. The maximum atomic E-state index is 13.0. The maximum absolute atomic E-state index is 13.0. The van der Waals surface area contributed by atoms with Crippen LogP contribution in [-0.4, -0.2) is 33.7 Å². The lowest BCUT2D eigenvalue weighted by atomic mass is 10.0. The van der Waals surface area contributed by atoms with Crippen molar-refractivity contribution in [3.8, 4) is 5.75 Å². The molecule has 3 aromatic rings. The van der Waals surface area contributed by atoms with Gasteiger partial charge >= 0.3 is 0 Å². The molecule has 2 atom stereocenters. The fraction of sp³-hybridized carbons (Fsp3) is 0.227. The van der Waals surface area contributed by atoms with Crippen LogP contribution in [0.2, 0.25) is 0 Å². The molecular formula is C22H22N4O3S. The van der Waals surface area contributed by atoms with Gasteiger partial charge in [-0.3, -0.25) is 9.59 Å². The third-order valence-corrected chi connectivity index (χ3v) is 6.22. The topological polar surface area (TPSA) is 85.2 Å². The predicted octanol–water partition coefficient (Wildman–Crippen LogP) is 3.14. The Bertz CT molecular complexity index is 1080. The molecular weight excluding hydrogens is 400 g/mol. The van der Waals surface area contributed by atoms with E-state index in [4.69, 9.17) is 4.74 Å². The largest absolute Gasteiger partial charge is 0.496 e. The standard InChI is InChI=1S/C22H22N4O3S/c1-26-12-11-23-21(26)20(14-7-3-5-9-16(14)29-2)25-19(27)13-18-22(28)24-15-8-4-6-10-17(15)30-18/h3-12,18,20H,13H2,1-2H3,(H,24,28)(H,25,27)/t18-,20-/m1/s1. The summed E-state index contributed by atoms with van der Waals surface area (Å²) in [6.07, 6.45) is 3.57. The summed E-state index contributed by atoms with van der Waals surface area (Å²) in [5.74, 6) is 0.934. The number of carbonyl (C=O) groups excluding carboxylic acids is 2. The lowest BCUT2D eigenvalue weighted by molar-refractivity contribution is -0.124. The maximum Gasteiger partial charge on any atom is 0.238 e. The van der Waals surface area contributed by atoms with Crippen LogP contribution in [0.1, 0.15) is 23.9 Å². The lowest BCUT2D eigenvalue weighted by Gasteiger charge is -2.25. The summed E-state index contributed by atoms with van der Waals surface area (Å²) in [5.41, 5.74) is 1.58. The molecule has 0 saturated heterocycles. The number of aryl methyl sites for hydroxylation is 1. The van der Waals surface area contributed by atoms with Crippen molar-refractivity contribution in [2.75, 3.05) is 12.4 Å². The number of anilines is 1. The van der Waals surface area contributed by atoms with E-state index in [9.17, 15) is 9.59 Å². The predicted molar refractivity (Wildman–Crippen MR) is 116 cm³/mol. The summed E-state index contributed by atoms with van der Waals surface area (Å²) in [6.45, 7) is 0. The number of para-hydroxylation sites is 2. The summed E-state index contributed by atoms with van der Waals surface area (Å²) in [5, 5.41) is 5.43. The summed E-state index contributed by atoms with van der Waals surface area (Å²) in [4.78, 5) is 30.8. The van der Waals surface area contributed by atoms with Gasteiger partial charge in [0.1, 0.15) is 17.6 Å². The summed E-state index contributed by atoms with van der Waals surface area (Å²) < 4.78 is 7.35. The number of imidazole rings is 1. The molecule has 7 nitrogen and oxygen atoms in total. The van der Waals surface area contributed by atoms with E-state index in [1.807, 2.05) is 66.3 Å². The molecule has 0 bridgehead atoms. The molecule has 154 valence electrons. The van der Waals surface area contributed by atoms with Crippen LogP contribution in [0.15, 0.2) is 65.8 Å². The minimum Gasteiger partial charge on any atom is -0.496 e. The van der Waals surface area contributed by atoms with Crippen LogP contribution in [0.4, 0.5) is 5.69 Å². The van der Waals surface area contributed by atoms with Gasteiger partial charge in [0.2, 0.25) is 11.8 Å². The molecule has 1 aliphatic rings. The first kappa shape index (κ1) is 20.0. The van der Waals surface area contributed by atoms with E-state index < -0.39 is 11.3 Å². The minimum absolute atomic E-state index is 0.0565. The Balaban J connectivity index is 1.56. The molecule has 8 heteroatoms. The van der Waals surface area contributed by atoms with Crippen molar-refractivity contribution in [3.63, 3.8) is 0 Å². The fourth-order valence-corrected chi connectivity index (χ4v) is 4.57. The molecule has 0 saturated carbocycles. The SMILES string of the molecule is COc1ccccc1[C@@H](NC(=O)C[C@H]1Sc2ccccc2NC1=O)c1nccn1C. The van der Waals surface area contributed by atoms with Crippen molar-refractivity contribution in [2.24, 2.45) is 7.05 Å². The second kappa shape index (κ2) is 8.62. The molecule has 2 N–H and O–H groups in total. The molecule has 0 spiro atoms. The van der Waals surface area contributed by atoms with Crippen molar-refractivity contribution < 1.29 is 14.3 Å². The monoisotopic (exact) mass is 422 g/mol. The Kier molecular flexibility index (Phi) is 5.76. The number of amides is 2. The fourth-order valence-electron chi connectivity index (χ4n) is 3.46. The van der Waals surface area contributed by atoms with Gasteiger partial charge in [-0.2, -0.15) is 0 Å². The van der Waals surface area contributed by atoms with Crippen molar-refractivity contribution in [1.29, 1.82) is 0 Å². The van der Waals surface area contributed by atoms with Crippen molar-refractivity contribution in [2.45, 2.75) is 22.6 Å². The molecule has 0 fully saturated rings. The van der Waals surface area contributed by atoms with Gasteiger partial charge in [-0.25, -0.2) is 4.98 Å². The summed E-state index contributed by atoms with van der Waals surface area (Å²) >= 11 is 1.41. The Morgan fingerprint density at radius 2 is 2.03 bits per heavy atom. The Hall–Kier alpha value is -3.26. The van der Waals surface area contributed by atoms with Gasteiger partial charge in [-0.05, 0) is 18.2 Å². The molecule has 1 aromatic heterocycles. The van der Waals surface area contributed by atoms with Gasteiger partial charge in [0.05, 0.1) is 18.0 Å². The van der Waals surface area contributed by atoms with Gasteiger partial charge in [0.25, 0.3) is 0 Å². The number of ether oxygens (including phenoxy) is 1.